The summed E-state index contributed by atoms with van der Waals surface area (Å²) in [7, 11) is -8.37. The van der Waals surface area contributed by atoms with Gasteiger partial charge in [-0.2, -0.15) is 0 Å². The molecule has 0 heterocycles. The van der Waals surface area contributed by atoms with Gasteiger partial charge < -0.3 is 21.8 Å². The monoisotopic (exact) mass is 508 g/mol. The second-order valence-electron chi connectivity index (χ2n) is 10.4. The summed E-state index contributed by atoms with van der Waals surface area (Å²) in [5, 5.41) is 0. The van der Waals surface area contributed by atoms with Crippen molar-refractivity contribution in [1.29, 1.82) is 0 Å². The van der Waals surface area contributed by atoms with Gasteiger partial charge in [-0.15, -0.1) is 0 Å². The molecule has 0 spiro atoms. The second-order valence-corrected chi connectivity index (χ2v) is 26.6. The van der Waals surface area contributed by atoms with Crippen molar-refractivity contribution >= 4 is 39.7 Å². The summed E-state index contributed by atoms with van der Waals surface area (Å²) in [5.41, 5.74) is 0.442. The van der Waals surface area contributed by atoms with Gasteiger partial charge in [0, 0.05) is 18.8 Å². The third-order valence-electron chi connectivity index (χ3n) is 4.38. The molecular formula is C21H48O6Si4. The van der Waals surface area contributed by atoms with Crippen molar-refractivity contribution in [3.8, 4) is 0 Å². The molecule has 0 amide bonds. The summed E-state index contributed by atoms with van der Waals surface area (Å²) in [4.78, 5) is 11.5. The van der Waals surface area contributed by atoms with Crippen LogP contribution in [0.4, 0.5) is 0 Å². The van der Waals surface area contributed by atoms with E-state index in [2.05, 4.69) is 59.0 Å². The zero-order chi connectivity index (χ0) is 24.3. The highest BCUT2D eigenvalue weighted by molar-refractivity contribution is 6.89. The van der Waals surface area contributed by atoms with E-state index in [9.17, 15) is 4.79 Å². The van der Waals surface area contributed by atoms with Gasteiger partial charge in [-0.3, -0.25) is 0 Å². The van der Waals surface area contributed by atoms with Crippen molar-refractivity contribution in [3.63, 3.8) is 0 Å². The average Bonchev–Trinajstić information content (AvgIpc) is 2.54. The van der Waals surface area contributed by atoms with Crippen LogP contribution in [0.3, 0.4) is 0 Å². The number of esters is 1. The lowest BCUT2D eigenvalue weighted by Gasteiger charge is -2.42. The van der Waals surface area contributed by atoms with Gasteiger partial charge in [0.1, 0.15) is 0 Å². The topological polar surface area (TPSA) is 63.2 Å². The van der Waals surface area contributed by atoms with E-state index in [-0.39, 0.29) is 5.97 Å². The molecule has 0 saturated carbocycles. The van der Waals surface area contributed by atoms with Crippen molar-refractivity contribution in [1.82, 2.24) is 0 Å². The van der Waals surface area contributed by atoms with Crippen molar-refractivity contribution < 1.29 is 26.6 Å². The van der Waals surface area contributed by atoms with E-state index in [0.29, 0.717) is 12.2 Å². The fourth-order valence-electron chi connectivity index (χ4n) is 3.61. The van der Waals surface area contributed by atoms with Gasteiger partial charge in [0.2, 0.25) is 0 Å². The summed E-state index contributed by atoms with van der Waals surface area (Å²) < 4.78 is 30.8. The molecule has 0 aromatic carbocycles. The lowest BCUT2D eigenvalue weighted by atomic mass is 10.3. The molecule has 184 valence electrons. The Morgan fingerprint density at radius 3 is 1.94 bits per heavy atom. The molecule has 1 atom stereocenters. The van der Waals surface area contributed by atoms with Crippen LogP contribution in [0.25, 0.3) is 0 Å². The molecule has 0 radical (unpaired) electrons. The van der Waals surface area contributed by atoms with E-state index < -0.39 is 33.8 Å². The molecule has 0 N–H and O–H groups in total. The zero-order valence-electron chi connectivity index (χ0n) is 21.8. The van der Waals surface area contributed by atoms with Crippen LogP contribution >= 0.6 is 0 Å². The molecule has 6 nitrogen and oxygen atoms in total. The molecule has 0 aliphatic rings. The normalized spacial score (nSPS) is 14.9. The minimum Gasteiger partial charge on any atom is -0.462 e. The van der Waals surface area contributed by atoms with Gasteiger partial charge in [-0.25, -0.2) is 4.79 Å². The van der Waals surface area contributed by atoms with E-state index in [0.717, 1.165) is 44.6 Å². The van der Waals surface area contributed by atoms with Crippen LogP contribution < -0.4 is 0 Å². The number of unbranched alkanes of at least 4 members (excludes halogenated alkanes) is 1. The Balaban J connectivity index is 4.81. The molecular weight excluding hydrogens is 461 g/mol. The fraction of sp³-hybridized carbons (Fsp3) is 0.857. The summed E-state index contributed by atoms with van der Waals surface area (Å²) in [5.74, 6) is -0.314. The van der Waals surface area contributed by atoms with E-state index in [4.69, 9.17) is 21.8 Å². The van der Waals surface area contributed by atoms with Gasteiger partial charge in [0.25, 0.3) is 0 Å². The molecule has 10 heteroatoms. The highest BCUT2D eigenvalue weighted by atomic mass is 28.5. The van der Waals surface area contributed by atoms with Crippen LogP contribution in [0.1, 0.15) is 33.1 Å². The number of carbonyl (C=O) groups is 1. The number of hydrogen-bond acceptors (Lipinski definition) is 6. The molecule has 0 aliphatic heterocycles. The molecule has 31 heavy (non-hydrogen) atoms. The fourth-order valence-corrected chi connectivity index (χ4v) is 22.5. The first-order chi connectivity index (χ1) is 14.0. The van der Waals surface area contributed by atoms with Gasteiger partial charge in [-0.05, 0) is 91.2 Å². The summed E-state index contributed by atoms with van der Waals surface area (Å²) in [6.45, 7) is 26.9. The van der Waals surface area contributed by atoms with Crippen molar-refractivity contribution in [2.24, 2.45) is 0 Å². The van der Waals surface area contributed by atoms with Crippen molar-refractivity contribution in [2.45, 2.75) is 97.6 Å². The Morgan fingerprint density at radius 2 is 1.42 bits per heavy atom. The minimum absolute atomic E-state index is 0.314. The number of ether oxygens (including phenoxy) is 2. The standard InChI is InChI=1S/C21H48O6Si4/c1-12-23-16-15-19-31(11,25-28(4,5)6)27-30(9,10)26-29(7,8)18-14-13-17-24-21(22)20(2)3/h2,12-19H2,1,3-11H3. The molecule has 0 bridgehead atoms. The Bertz CT molecular complexity index is 563. The Hall–Kier alpha value is -0.0825. The quantitative estimate of drug-likeness (QED) is 0.101. The lowest BCUT2D eigenvalue weighted by Crippen LogP contribution is -2.57. The number of rotatable bonds is 17. The SMILES string of the molecule is C=C(C)C(=O)OCCCC[Si](C)(C)O[Si](C)(C)O[Si](C)(CCCOCC)O[Si](C)(C)C. The van der Waals surface area contributed by atoms with Gasteiger partial charge in [0.05, 0.1) is 6.61 Å². The second kappa shape index (κ2) is 13.6. The van der Waals surface area contributed by atoms with Crippen LogP contribution in [0.2, 0.25) is 64.5 Å². The third-order valence-corrected chi connectivity index (χ3v) is 19.3. The van der Waals surface area contributed by atoms with Crippen LogP contribution in [0, 0.1) is 0 Å². The molecule has 0 saturated heterocycles. The molecule has 0 rings (SSSR count). The Labute approximate surface area is 195 Å². The van der Waals surface area contributed by atoms with Gasteiger partial charge >= 0.3 is 23.1 Å². The smallest absolute Gasteiger partial charge is 0.333 e. The van der Waals surface area contributed by atoms with E-state index >= 15 is 0 Å². The summed E-state index contributed by atoms with van der Waals surface area (Å²) in [6, 6.07) is 1.93. The number of hydrogen-bond donors (Lipinski definition) is 0. The van der Waals surface area contributed by atoms with Gasteiger partial charge in [-0.1, -0.05) is 13.0 Å². The first kappa shape index (κ1) is 30.9. The maximum atomic E-state index is 11.5. The Kier molecular flexibility index (Phi) is 13.5. The molecule has 0 aromatic rings. The lowest BCUT2D eigenvalue weighted by molar-refractivity contribution is -0.139. The zero-order valence-corrected chi connectivity index (χ0v) is 25.8. The highest BCUT2D eigenvalue weighted by Crippen LogP contribution is 2.29. The summed E-state index contributed by atoms with van der Waals surface area (Å²) >= 11 is 0. The molecule has 0 fully saturated rings. The predicted molar refractivity (Wildman–Crippen MR) is 139 cm³/mol. The maximum Gasteiger partial charge on any atom is 0.333 e. The van der Waals surface area contributed by atoms with Crippen molar-refractivity contribution in [2.75, 3.05) is 19.8 Å². The van der Waals surface area contributed by atoms with E-state index in [1.165, 1.54) is 0 Å². The van der Waals surface area contributed by atoms with Crippen LogP contribution in [-0.4, -0.2) is 59.5 Å². The molecule has 1 unspecified atom stereocenters. The first-order valence-corrected chi connectivity index (χ1v) is 23.4. The first-order valence-electron chi connectivity index (χ1n) is 11.5. The summed E-state index contributed by atoms with van der Waals surface area (Å²) in [6.07, 6.45) is 2.77. The number of carbonyl (C=O) groups excluding carboxylic acids is 1. The van der Waals surface area contributed by atoms with Gasteiger partial charge in [0.15, 0.2) is 16.6 Å². The van der Waals surface area contributed by atoms with Crippen molar-refractivity contribution in [3.05, 3.63) is 12.2 Å². The van der Waals surface area contributed by atoms with E-state index in [1.807, 2.05) is 6.92 Å². The van der Waals surface area contributed by atoms with Crippen LogP contribution in [-0.2, 0) is 26.6 Å². The van der Waals surface area contributed by atoms with E-state index in [1.54, 1.807) is 6.92 Å². The molecule has 0 aromatic heterocycles. The highest BCUT2D eigenvalue weighted by Gasteiger charge is 2.44. The minimum atomic E-state index is -2.36. The largest absolute Gasteiger partial charge is 0.462 e. The van der Waals surface area contributed by atoms with Crippen LogP contribution in [0.15, 0.2) is 12.2 Å². The Morgan fingerprint density at radius 1 is 0.806 bits per heavy atom. The van der Waals surface area contributed by atoms with Crippen LogP contribution in [0.5, 0.6) is 0 Å². The maximum absolute atomic E-state index is 11.5. The molecule has 0 aliphatic carbocycles. The average molecular weight is 509 g/mol. The predicted octanol–water partition coefficient (Wildman–Crippen LogP) is 6.18. The third kappa shape index (κ3) is 16.2.